The lowest BCUT2D eigenvalue weighted by molar-refractivity contribution is 0.608. The molecule has 3 nitrogen and oxygen atoms in total. The van der Waals surface area contributed by atoms with E-state index in [4.69, 9.17) is 0 Å². The Hall–Kier alpha value is -0.830. The summed E-state index contributed by atoms with van der Waals surface area (Å²) in [7, 11) is 1.96. The predicted octanol–water partition coefficient (Wildman–Crippen LogP) is 1.79. The highest BCUT2D eigenvalue weighted by molar-refractivity contribution is 5.16. The lowest BCUT2D eigenvalue weighted by atomic mass is 10.0. The molecule has 14 heavy (non-hydrogen) atoms. The van der Waals surface area contributed by atoms with Crippen molar-refractivity contribution in [1.82, 2.24) is 15.3 Å². The second-order valence-corrected chi connectivity index (χ2v) is 4.05. The Kier molecular flexibility index (Phi) is 3.19. The third kappa shape index (κ3) is 2.15. The normalized spacial score (nSPS) is 17.2. The fourth-order valence-electron chi connectivity index (χ4n) is 2.12. The molecule has 0 aromatic carbocycles. The Morgan fingerprint density at radius 1 is 1.21 bits per heavy atom. The molecular weight excluding hydrogens is 174 g/mol. The maximum absolute atomic E-state index is 4.62. The maximum atomic E-state index is 4.62. The smallest absolute Gasteiger partial charge is 0.120 e. The van der Waals surface area contributed by atoms with E-state index < -0.39 is 0 Å². The second kappa shape index (κ2) is 4.60. The Morgan fingerprint density at radius 3 is 2.79 bits per heavy atom. The molecule has 2 rings (SSSR count). The van der Waals surface area contributed by atoms with E-state index >= 15 is 0 Å². The van der Waals surface area contributed by atoms with Crippen molar-refractivity contribution in [2.24, 2.45) is 0 Å². The van der Waals surface area contributed by atoms with Gasteiger partial charge in [0, 0.05) is 5.69 Å². The molecule has 3 heteroatoms. The minimum absolute atomic E-state index is 0.854. The van der Waals surface area contributed by atoms with Crippen LogP contribution in [0.1, 0.15) is 42.9 Å². The van der Waals surface area contributed by atoms with Crippen LogP contribution >= 0.6 is 0 Å². The van der Waals surface area contributed by atoms with Crippen LogP contribution in [0.25, 0.3) is 0 Å². The van der Waals surface area contributed by atoms with Crippen LogP contribution < -0.4 is 5.32 Å². The molecule has 0 bridgehead atoms. The van der Waals surface area contributed by atoms with E-state index in [2.05, 4.69) is 15.3 Å². The van der Waals surface area contributed by atoms with Gasteiger partial charge in [0.1, 0.15) is 5.82 Å². The van der Waals surface area contributed by atoms with E-state index in [1.54, 1.807) is 0 Å². The van der Waals surface area contributed by atoms with E-state index in [0.717, 1.165) is 18.8 Å². The zero-order valence-corrected chi connectivity index (χ0v) is 8.90. The van der Waals surface area contributed by atoms with Crippen LogP contribution in [0.2, 0.25) is 0 Å². The van der Waals surface area contributed by atoms with Crippen LogP contribution in [0.4, 0.5) is 0 Å². The summed E-state index contributed by atoms with van der Waals surface area (Å²) in [5, 5.41) is 3.13. The zero-order valence-electron chi connectivity index (χ0n) is 8.90. The number of aromatic amines is 1. The van der Waals surface area contributed by atoms with E-state index in [0.29, 0.717) is 0 Å². The van der Waals surface area contributed by atoms with Gasteiger partial charge < -0.3 is 10.3 Å². The third-order valence-electron chi connectivity index (χ3n) is 2.85. The zero-order chi connectivity index (χ0) is 9.80. The molecule has 78 valence electrons. The molecule has 0 aliphatic heterocycles. The largest absolute Gasteiger partial charge is 0.345 e. The number of fused-ring (bicyclic) bond motifs is 1. The van der Waals surface area contributed by atoms with Gasteiger partial charge in [0.15, 0.2) is 0 Å². The van der Waals surface area contributed by atoms with Crippen LogP contribution in [0.5, 0.6) is 0 Å². The van der Waals surface area contributed by atoms with Crippen LogP contribution in [0.3, 0.4) is 0 Å². The molecule has 0 atom stereocenters. The summed E-state index contributed by atoms with van der Waals surface area (Å²) < 4.78 is 0. The molecule has 0 saturated carbocycles. The quantitative estimate of drug-likeness (QED) is 0.751. The molecule has 1 aliphatic rings. The van der Waals surface area contributed by atoms with Gasteiger partial charge in [0.2, 0.25) is 0 Å². The third-order valence-corrected chi connectivity index (χ3v) is 2.85. The molecule has 0 fully saturated rings. The average Bonchev–Trinajstić information content (AvgIpc) is 2.48. The molecule has 0 amide bonds. The first-order chi connectivity index (χ1) is 6.90. The number of rotatable bonds is 2. The number of aryl methyl sites for hydroxylation is 2. The van der Waals surface area contributed by atoms with Crippen LogP contribution in [-0.2, 0) is 19.4 Å². The fraction of sp³-hybridized carbons (Fsp3) is 0.727. The van der Waals surface area contributed by atoms with Gasteiger partial charge in [-0.1, -0.05) is 12.8 Å². The highest BCUT2D eigenvalue weighted by atomic mass is 15.0. The monoisotopic (exact) mass is 193 g/mol. The number of H-pyrrole nitrogens is 1. The molecule has 0 spiro atoms. The summed E-state index contributed by atoms with van der Waals surface area (Å²) in [6.45, 7) is 0.854. The molecule has 1 heterocycles. The number of imidazole rings is 1. The summed E-state index contributed by atoms with van der Waals surface area (Å²) in [6.07, 6.45) is 7.71. The minimum atomic E-state index is 0.854. The molecule has 0 radical (unpaired) electrons. The summed E-state index contributed by atoms with van der Waals surface area (Å²) >= 11 is 0. The summed E-state index contributed by atoms with van der Waals surface area (Å²) in [5.74, 6) is 1.10. The Labute approximate surface area is 85.3 Å². The van der Waals surface area contributed by atoms with Crippen LogP contribution in [-0.4, -0.2) is 17.0 Å². The maximum Gasteiger partial charge on any atom is 0.120 e. The SMILES string of the molecule is CNCc1nc2c([nH]1)CCCCCC2. The summed E-state index contributed by atoms with van der Waals surface area (Å²) in [5.41, 5.74) is 2.70. The number of hydrogen-bond acceptors (Lipinski definition) is 2. The second-order valence-electron chi connectivity index (χ2n) is 4.05. The fourth-order valence-corrected chi connectivity index (χ4v) is 2.12. The van der Waals surface area contributed by atoms with Gasteiger partial charge >= 0.3 is 0 Å². The van der Waals surface area contributed by atoms with Crippen molar-refractivity contribution < 1.29 is 0 Å². The van der Waals surface area contributed by atoms with Crippen LogP contribution in [0.15, 0.2) is 0 Å². The molecule has 0 unspecified atom stereocenters. The molecule has 1 aliphatic carbocycles. The number of nitrogens with zero attached hydrogens (tertiary/aromatic N) is 1. The van der Waals surface area contributed by atoms with Gasteiger partial charge in [-0.25, -0.2) is 4.98 Å². The lowest BCUT2D eigenvalue weighted by Gasteiger charge is -2.06. The average molecular weight is 193 g/mol. The summed E-state index contributed by atoms with van der Waals surface area (Å²) in [4.78, 5) is 8.05. The van der Waals surface area contributed by atoms with E-state index in [-0.39, 0.29) is 0 Å². The first kappa shape index (κ1) is 9.71. The van der Waals surface area contributed by atoms with E-state index in [1.807, 2.05) is 7.05 Å². The Morgan fingerprint density at radius 2 is 2.00 bits per heavy atom. The minimum Gasteiger partial charge on any atom is -0.345 e. The van der Waals surface area contributed by atoms with E-state index in [1.165, 1.54) is 43.5 Å². The number of hydrogen-bond donors (Lipinski definition) is 2. The van der Waals surface area contributed by atoms with Gasteiger partial charge in [-0.15, -0.1) is 0 Å². The van der Waals surface area contributed by atoms with Crippen molar-refractivity contribution in [2.45, 2.75) is 45.1 Å². The number of aromatic nitrogens is 2. The first-order valence-corrected chi connectivity index (χ1v) is 5.61. The Balaban J connectivity index is 2.14. The predicted molar refractivity (Wildman–Crippen MR) is 57.2 cm³/mol. The van der Waals surface area contributed by atoms with Crippen molar-refractivity contribution in [3.05, 3.63) is 17.2 Å². The molecular formula is C11H19N3. The highest BCUT2D eigenvalue weighted by Crippen LogP contribution is 2.17. The van der Waals surface area contributed by atoms with Gasteiger partial charge in [-0.2, -0.15) is 0 Å². The highest BCUT2D eigenvalue weighted by Gasteiger charge is 2.11. The van der Waals surface area contributed by atoms with Gasteiger partial charge in [0.25, 0.3) is 0 Å². The van der Waals surface area contributed by atoms with Crippen molar-refractivity contribution in [3.63, 3.8) is 0 Å². The molecule has 0 saturated heterocycles. The van der Waals surface area contributed by atoms with Crippen molar-refractivity contribution in [1.29, 1.82) is 0 Å². The van der Waals surface area contributed by atoms with Crippen molar-refractivity contribution in [2.75, 3.05) is 7.05 Å². The topological polar surface area (TPSA) is 40.7 Å². The molecule has 1 aromatic rings. The number of nitrogens with one attached hydrogen (secondary N) is 2. The van der Waals surface area contributed by atoms with Crippen LogP contribution in [0, 0.1) is 0 Å². The van der Waals surface area contributed by atoms with Crippen molar-refractivity contribution >= 4 is 0 Å². The standard InChI is InChI=1S/C11H19N3/c1-12-8-11-13-9-6-4-2-3-5-7-10(9)14-11/h12H,2-8H2,1H3,(H,13,14). The van der Waals surface area contributed by atoms with Gasteiger partial charge in [0.05, 0.1) is 12.2 Å². The molecule has 2 N–H and O–H groups in total. The lowest BCUT2D eigenvalue weighted by Crippen LogP contribution is -2.06. The van der Waals surface area contributed by atoms with Gasteiger partial charge in [-0.3, -0.25) is 0 Å². The van der Waals surface area contributed by atoms with Crippen molar-refractivity contribution in [3.8, 4) is 0 Å². The van der Waals surface area contributed by atoms with Gasteiger partial charge in [-0.05, 0) is 32.7 Å². The van der Waals surface area contributed by atoms with E-state index in [9.17, 15) is 0 Å². The Bertz CT molecular complexity index is 265. The first-order valence-electron chi connectivity index (χ1n) is 5.61. The summed E-state index contributed by atoms with van der Waals surface area (Å²) in [6, 6.07) is 0. The molecule has 1 aromatic heterocycles.